The van der Waals surface area contributed by atoms with Gasteiger partial charge in [-0.25, -0.2) is 0 Å². The SMILES string of the molecule is c1ccc(-c2ccc(-n3c4ccccc4c4cc(-c5ccc6c7ccccc7n(-c7ccc(-c8ccccc8-c8ccccc8)c8c7oc7ccccc78)c6c5)ccc43)cc2)cc1. The van der Waals surface area contributed by atoms with Crippen LogP contribution >= 0.6 is 0 Å². The highest BCUT2D eigenvalue weighted by atomic mass is 16.3. The lowest BCUT2D eigenvalue weighted by molar-refractivity contribution is 0.666. The van der Waals surface area contributed by atoms with Crippen molar-refractivity contribution in [3.8, 4) is 55.9 Å². The van der Waals surface area contributed by atoms with Crippen molar-refractivity contribution in [3.05, 3.63) is 231 Å². The molecule has 0 unspecified atom stereocenters. The van der Waals surface area contributed by atoms with Crippen molar-refractivity contribution >= 4 is 65.6 Å². The third-order valence-corrected chi connectivity index (χ3v) is 13.0. The van der Waals surface area contributed by atoms with Crippen LogP contribution in [0.1, 0.15) is 0 Å². The number of aromatic nitrogens is 2. The summed E-state index contributed by atoms with van der Waals surface area (Å²) >= 11 is 0. The smallest absolute Gasteiger partial charge is 0.160 e. The Bertz CT molecular complexity index is 3890. The fraction of sp³-hybridized carbons (Fsp3) is 0. The molecule has 0 radical (unpaired) electrons. The normalized spacial score (nSPS) is 11.8. The number of nitrogens with zero attached hydrogens (tertiary/aromatic N) is 2. The summed E-state index contributed by atoms with van der Waals surface area (Å²) in [5.74, 6) is 0. The van der Waals surface area contributed by atoms with Crippen molar-refractivity contribution in [2.75, 3.05) is 0 Å². The monoisotopic (exact) mass is 802 g/mol. The Morgan fingerprint density at radius 2 is 0.825 bits per heavy atom. The van der Waals surface area contributed by atoms with E-state index < -0.39 is 0 Å². The topological polar surface area (TPSA) is 23.0 Å². The fourth-order valence-electron chi connectivity index (χ4n) is 10.1. The Kier molecular flexibility index (Phi) is 7.91. The fourth-order valence-corrected chi connectivity index (χ4v) is 10.1. The Morgan fingerprint density at radius 3 is 1.60 bits per heavy atom. The third kappa shape index (κ3) is 5.53. The second-order valence-corrected chi connectivity index (χ2v) is 16.4. The van der Waals surface area contributed by atoms with Crippen LogP contribution in [0.2, 0.25) is 0 Å². The summed E-state index contributed by atoms with van der Waals surface area (Å²) in [4.78, 5) is 0. The minimum atomic E-state index is 0.871. The van der Waals surface area contributed by atoms with Crippen LogP contribution in [0.3, 0.4) is 0 Å². The van der Waals surface area contributed by atoms with Gasteiger partial charge in [-0.05, 0) is 99.1 Å². The van der Waals surface area contributed by atoms with Crippen LogP contribution in [0.4, 0.5) is 0 Å². The molecule has 0 atom stereocenters. The number of para-hydroxylation sites is 3. The van der Waals surface area contributed by atoms with Gasteiger partial charge in [0.15, 0.2) is 5.58 Å². The molecule has 13 rings (SSSR count). The van der Waals surface area contributed by atoms with Gasteiger partial charge in [-0.2, -0.15) is 0 Å². The number of furan rings is 1. The molecule has 3 nitrogen and oxygen atoms in total. The minimum absolute atomic E-state index is 0.871. The molecule has 0 fully saturated rings. The van der Waals surface area contributed by atoms with E-state index in [0.29, 0.717) is 0 Å². The van der Waals surface area contributed by atoms with E-state index in [9.17, 15) is 0 Å². The second kappa shape index (κ2) is 14.1. The first-order valence-electron chi connectivity index (χ1n) is 21.6. The maximum absolute atomic E-state index is 6.96. The van der Waals surface area contributed by atoms with Crippen molar-refractivity contribution in [2.24, 2.45) is 0 Å². The van der Waals surface area contributed by atoms with E-state index in [4.69, 9.17) is 4.42 Å². The molecule has 3 aromatic heterocycles. The lowest BCUT2D eigenvalue weighted by Crippen LogP contribution is -1.96. The molecule has 0 aliphatic heterocycles. The van der Waals surface area contributed by atoms with Gasteiger partial charge in [0.25, 0.3) is 0 Å². The maximum atomic E-state index is 6.96. The highest BCUT2D eigenvalue weighted by molar-refractivity contribution is 6.18. The van der Waals surface area contributed by atoms with Gasteiger partial charge in [-0.3, -0.25) is 0 Å². The molecule has 10 aromatic carbocycles. The Balaban J connectivity index is 0.999. The number of hydrogen-bond acceptors (Lipinski definition) is 1. The number of hydrogen-bond donors (Lipinski definition) is 0. The van der Waals surface area contributed by atoms with Crippen molar-refractivity contribution in [1.29, 1.82) is 0 Å². The molecule has 3 heteroatoms. The van der Waals surface area contributed by atoms with E-state index in [1.54, 1.807) is 0 Å². The van der Waals surface area contributed by atoms with Crippen molar-refractivity contribution in [2.45, 2.75) is 0 Å². The quantitative estimate of drug-likeness (QED) is 0.164. The zero-order valence-electron chi connectivity index (χ0n) is 34.2. The molecule has 0 bridgehead atoms. The highest BCUT2D eigenvalue weighted by Crippen LogP contribution is 2.45. The standard InChI is InChI=1S/C60H38N2O/c1-3-15-39(16-4-1)40-27-31-44(32-28-40)61-53-24-12-10-22-48(53)52-37-42(30-35-55(52)61)43-29-33-49-47-21-9-13-25-54(47)62(57(49)38-43)56-36-34-50(59-51-23-11-14-26-58(51)63-60(56)59)46-20-8-7-19-45(46)41-17-5-2-6-18-41/h1-38H. The van der Waals surface area contributed by atoms with Crippen molar-refractivity contribution < 1.29 is 4.42 Å². The van der Waals surface area contributed by atoms with Crippen LogP contribution in [0, 0.1) is 0 Å². The average Bonchev–Trinajstić information content (AvgIpc) is 4.02. The van der Waals surface area contributed by atoms with Crippen LogP contribution in [0.15, 0.2) is 235 Å². The summed E-state index contributed by atoms with van der Waals surface area (Å²) in [5, 5.41) is 7.09. The lowest BCUT2D eigenvalue weighted by Gasteiger charge is -2.15. The van der Waals surface area contributed by atoms with Crippen LogP contribution < -0.4 is 0 Å². The molecule has 0 saturated carbocycles. The van der Waals surface area contributed by atoms with Gasteiger partial charge in [0.1, 0.15) is 5.58 Å². The summed E-state index contributed by atoms with van der Waals surface area (Å²) in [6, 6.07) is 83.3. The van der Waals surface area contributed by atoms with Gasteiger partial charge >= 0.3 is 0 Å². The Labute approximate surface area is 363 Å². The van der Waals surface area contributed by atoms with E-state index in [1.165, 1.54) is 66.0 Å². The largest absolute Gasteiger partial charge is 0.454 e. The Morgan fingerprint density at radius 1 is 0.286 bits per heavy atom. The molecule has 294 valence electrons. The van der Waals surface area contributed by atoms with Gasteiger partial charge < -0.3 is 13.6 Å². The van der Waals surface area contributed by atoms with E-state index in [2.05, 4.69) is 240 Å². The molecule has 0 saturated heterocycles. The second-order valence-electron chi connectivity index (χ2n) is 16.4. The molecule has 63 heavy (non-hydrogen) atoms. The van der Waals surface area contributed by atoms with E-state index in [1.807, 2.05) is 0 Å². The summed E-state index contributed by atoms with van der Waals surface area (Å²) in [7, 11) is 0. The highest BCUT2D eigenvalue weighted by Gasteiger charge is 2.22. The summed E-state index contributed by atoms with van der Waals surface area (Å²) < 4.78 is 11.8. The predicted molar refractivity (Wildman–Crippen MR) is 264 cm³/mol. The van der Waals surface area contributed by atoms with Crippen LogP contribution in [-0.2, 0) is 0 Å². The first-order valence-corrected chi connectivity index (χ1v) is 21.6. The van der Waals surface area contributed by atoms with Gasteiger partial charge in [0.2, 0.25) is 0 Å². The van der Waals surface area contributed by atoms with Gasteiger partial charge in [-0.1, -0.05) is 176 Å². The molecule has 0 aliphatic carbocycles. The molecule has 0 spiro atoms. The van der Waals surface area contributed by atoms with Gasteiger partial charge in [0.05, 0.1) is 27.8 Å². The van der Waals surface area contributed by atoms with Crippen LogP contribution in [0.5, 0.6) is 0 Å². The molecular formula is C60H38N2O. The predicted octanol–water partition coefficient (Wildman–Crippen LogP) is 16.4. The molecule has 0 amide bonds. The average molecular weight is 803 g/mol. The zero-order chi connectivity index (χ0) is 41.4. The van der Waals surface area contributed by atoms with Crippen LogP contribution in [-0.4, -0.2) is 9.13 Å². The molecule has 3 heterocycles. The molecule has 0 aliphatic rings. The van der Waals surface area contributed by atoms with E-state index >= 15 is 0 Å². The summed E-state index contributed by atoms with van der Waals surface area (Å²) in [5.41, 5.74) is 18.0. The van der Waals surface area contributed by atoms with Crippen LogP contribution in [0.25, 0.3) is 121 Å². The summed E-state index contributed by atoms with van der Waals surface area (Å²) in [6.07, 6.45) is 0. The van der Waals surface area contributed by atoms with Gasteiger partial charge in [-0.15, -0.1) is 0 Å². The summed E-state index contributed by atoms with van der Waals surface area (Å²) in [6.45, 7) is 0. The Hall–Kier alpha value is -8.40. The molecule has 0 N–H and O–H groups in total. The third-order valence-electron chi connectivity index (χ3n) is 13.0. The van der Waals surface area contributed by atoms with Crippen molar-refractivity contribution in [1.82, 2.24) is 9.13 Å². The number of fused-ring (bicyclic) bond motifs is 9. The first kappa shape index (κ1) is 35.4. The zero-order valence-corrected chi connectivity index (χ0v) is 34.2. The first-order chi connectivity index (χ1) is 31.3. The number of benzene rings is 10. The maximum Gasteiger partial charge on any atom is 0.160 e. The minimum Gasteiger partial charge on any atom is -0.454 e. The lowest BCUT2D eigenvalue weighted by atomic mass is 9.91. The molecule has 13 aromatic rings. The number of rotatable bonds is 6. The molecular weight excluding hydrogens is 765 g/mol. The van der Waals surface area contributed by atoms with E-state index in [-0.39, 0.29) is 0 Å². The van der Waals surface area contributed by atoms with Crippen molar-refractivity contribution in [3.63, 3.8) is 0 Å². The van der Waals surface area contributed by atoms with E-state index in [0.717, 1.165) is 55.5 Å². The van der Waals surface area contributed by atoms with Gasteiger partial charge in [0, 0.05) is 38.0 Å².